The first-order chi connectivity index (χ1) is 16.4. The lowest BCUT2D eigenvalue weighted by Crippen LogP contribution is -2.20. The third-order valence-corrected chi connectivity index (χ3v) is 5.38. The lowest BCUT2D eigenvalue weighted by molar-refractivity contribution is -0.153. The predicted octanol–water partition coefficient (Wildman–Crippen LogP) is 5.53. The Hall–Kier alpha value is -3.81. The topological polar surface area (TPSA) is 94.8 Å². The van der Waals surface area contributed by atoms with Crippen LogP contribution in [0.5, 0.6) is 5.75 Å². The van der Waals surface area contributed by atoms with Gasteiger partial charge in [0.15, 0.2) is 6.61 Å². The van der Waals surface area contributed by atoms with Crippen molar-refractivity contribution in [1.82, 2.24) is 0 Å². The molecule has 34 heavy (non-hydrogen) atoms. The Morgan fingerprint density at radius 2 is 1.62 bits per heavy atom. The van der Waals surface area contributed by atoms with Crippen LogP contribution in [0, 0.1) is 0 Å². The number of halogens is 2. The zero-order valence-corrected chi connectivity index (χ0v) is 19.1. The Bertz CT molecular complexity index is 1410. The molecule has 3 aromatic carbocycles. The van der Waals surface area contributed by atoms with E-state index < -0.39 is 24.2 Å². The van der Waals surface area contributed by atoms with Gasteiger partial charge in [0.05, 0.1) is 22.2 Å². The number of rotatable bonds is 7. The van der Waals surface area contributed by atoms with Crippen molar-refractivity contribution in [3.05, 3.63) is 98.8 Å². The highest BCUT2D eigenvalue weighted by Crippen LogP contribution is 2.33. The van der Waals surface area contributed by atoms with E-state index in [-0.39, 0.29) is 17.8 Å². The summed E-state index contributed by atoms with van der Waals surface area (Å²) < 4.78 is 15.3. The molecular formula is C25H17Cl2NO6. The maximum absolute atomic E-state index is 12.4. The summed E-state index contributed by atoms with van der Waals surface area (Å²) in [6.07, 6.45) is -0.0976. The van der Waals surface area contributed by atoms with Crippen LogP contribution in [0.4, 0.5) is 11.4 Å². The number of carbonyl (C=O) groups is 2. The van der Waals surface area contributed by atoms with Crippen molar-refractivity contribution >= 4 is 57.5 Å². The third-order valence-electron chi connectivity index (χ3n) is 4.75. The van der Waals surface area contributed by atoms with Crippen molar-refractivity contribution in [3.8, 4) is 5.75 Å². The second-order valence-corrected chi connectivity index (χ2v) is 7.96. The molecule has 4 aromatic rings. The molecule has 0 aliphatic heterocycles. The molecular weight excluding hydrogens is 481 g/mol. The first-order valence-electron chi connectivity index (χ1n) is 10.1. The highest BCUT2D eigenvalue weighted by Gasteiger charge is 2.14. The molecule has 1 heterocycles. The van der Waals surface area contributed by atoms with E-state index in [9.17, 15) is 14.4 Å². The van der Waals surface area contributed by atoms with Gasteiger partial charge in [-0.2, -0.15) is 0 Å². The van der Waals surface area contributed by atoms with Crippen LogP contribution < -0.4 is 15.7 Å². The van der Waals surface area contributed by atoms with Crippen LogP contribution in [0.15, 0.2) is 82.0 Å². The van der Waals surface area contributed by atoms with Gasteiger partial charge in [-0.3, -0.25) is 4.79 Å². The van der Waals surface area contributed by atoms with Gasteiger partial charge in [-0.05, 0) is 42.0 Å². The van der Waals surface area contributed by atoms with E-state index in [0.717, 1.165) is 0 Å². The summed E-state index contributed by atoms with van der Waals surface area (Å²) in [5.74, 6) is -1.24. The normalized spacial score (nSPS) is 10.6. The number of hydrogen-bond donors (Lipinski definition) is 1. The molecule has 0 aliphatic rings. The molecule has 0 radical (unpaired) electrons. The monoisotopic (exact) mass is 497 g/mol. The lowest BCUT2D eigenvalue weighted by atomic mass is 10.1. The zero-order valence-electron chi connectivity index (χ0n) is 17.5. The molecule has 0 fully saturated rings. The predicted molar refractivity (Wildman–Crippen MR) is 129 cm³/mol. The molecule has 4 rings (SSSR count). The number of fused-ring (bicyclic) bond motifs is 1. The van der Waals surface area contributed by atoms with Crippen molar-refractivity contribution in [2.24, 2.45) is 0 Å². The Morgan fingerprint density at radius 1 is 0.882 bits per heavy atom. The second-order valence-electron chi connectivity index (χ2n) is 7.14. The van der Waals surface area contributed by atoms with Crippen molar-refractivity contribution in [1.29, 1.82) is 0 Å². The van der Waals surface area contributed by atoms with Crippen molar-refractivity contribution < 1.29 is 23.5 Å². The standard InChI is InChI=1S/C25H17Cl2NO6/c26-18-5-3-6-19(27)25(18)28-20-7-2-1-4-16(20)12-23(30)32-14-24(31)33-17-10-8-15-9-11-22(29)34-21(15)13-17/h1-11,13,28H,12,14H2. The summed E-state index contributed by atoms with van der Waals surface area (Å²) in [7, 11) is 0. The number of carbonyl (C=O) groups excluding carboxylic acids is 2. The van der Waals surface area contributed by atoms with Crippen LogP contribution in [0.2, 0.25) is 10.0 Å². The molecule has 0 spiro atoms. The van der Waals surface area contributed by atoms with Crippen molar-refractivity contribution in [2.45, 2.75) is 6.42 Å². The molecule has 172 valence electrons. The van der Waals surface area contributed by atoms with Gasteiger partial charge < -0.3 is 19.2 Å². The molecule has 7 nitrogen and oxygen atoms in total. The Kier molecular flexibility index (Phi) is 7.15. The fourth-order valence-corrected chi connectivity index (χ4v) is 3.65. The van der Waals surface area contributed by atoms with Crippen molar-refractivity contribution in [3.63, 3.8) is 0 Å². The molecule has 0 atom stereocenters. The van der Waals surface area contributed by atoms with Gasteiger partial charge >= 0.3 is 17.6 Å². The smallest absolute Gasteiger partial charge is 0.349 e. The Labute approximate surface area is 203 Å². The van der Waals surface area contributed by atoms with Crippen LogP contribution in [0.3, 0.4) is 0 Å². The number of para-hydroxylation sites is 2. The average molecular weight is 498 g/mol. The van der Waals surface area contributed by atoms with Crippen LogP contribution in [-0.4, -0.2) is 18.5 Å². The highest BCUT2D eigenvalue weighted by atomic mass is 35.5. The number of esters is 2. The molecule has 1 N–H and O–H groups in total. The maximum atomic E-state index is 12.4. The van der Waals surface area contributed by atoms with E-state index in [2.05, 4.69) is 5.32 Å². The molecule has 0 aliphatic carbocycles. The molecule has 0 saturated carbocycles. The second kappa shape index (κ2) is 10.4. The van der Waals surface area contributed by atoms with Gasteiger partial charge in [0.1, 0.15) is 11.3 Å². The van der Waals surface area contributed by atoms with Gasteiger partial charge in [0.2, 0.25) is 0 Å². The van der Waals surface area contributed by atoms with Gasteiger partial charge in [-0.1, -0.05) is 47.5 Å². The first kappa shape index (κ1) is 23.4. The van der Waals surface area contributed by atoms with Crippen molar-refractivity contribution in [2.75, 3.05) is 11.9 Å². The molecule has 0 saturated heterocycles. The number of anilines is 2. The number of benzene rings is 3. The zero-order chi connectivity index (χ0) is 24.1. The Balaban J connectivity index is 1.36. The van der Waals surface area contributed by atoms with Gasteiger partial charge in [-0.15, -0.1) is 0 Å². The molecule has 9 heteroatoms. The average Bonchev–Trinajstić information content (AvgIpc) is 2.81. The quantitative estimate of drug-likeness (QED) is 0.203. The summed E-state index contributed by atoms with van der Waals surface area (Å²) in [5, 5.41) is 4.68. The van der Waals surface area contributed by atoms with Gasteiger partial charge in [0.25, 0.3) is 0 Å². The van der Waals surface area contributed by atoms with Crippen LogP contribution >= 0.6 is 23.2 Å². The minimum Gasteiger partial charge on any atom is -0.453 e. The SMILES string of the molecule is O=C(Cc1ccccc1Nc1c(Cl)cccc1Cl)OCC(=O)Oc1ccc2ccc(=O)oc2c1. The summed E-state index contributed by atoms with van der Waals surface area (Å²) in [4.78, 5) is 35.8. The van der Waals surface area contributed by atoms with Crippen LogP contribution in [0.25, 0.3) is 11.0 Å². The van der Waals surface area contributed by atoms with Gasteiger partial charge in [0, 0.05) is 23.2 Å². The number of ether oxygens (including phenoxy) is 2. The van der Waals surface area contributed by atoms with Crippen LogP contribution in [-0.2, 0) is 20.7 Å². The minimum atomic E-state index is -0.778. The molecule has 1 aromatic heterocycles. The van der Waals surface area contributed by atoms with E-state index in [4.69, 9.17) is 37.1 Å². The molecule has 0 unspecified atom stereocenters. The third kappa shape index (κ3) is 5.75. The minimum absolute atomic E-state index is 0.0976. The van der Waals surface area contributed by atoms with E-state index >= 15 is 0 Å². The summed E-state index contributed by atoms with van der Waals surface area (Å²) in [6.45, 7) is -0.582. The molecule has 0 bridgehead atoms. The number of nitrogens with one attached hydrogen (secondary N) is 1. The Morgan fingerprint density at radius 3 is 2.41 bits per heavy atom. The summed E-state index contributed by atoms with van der Waals surface area (Å²) in [5.41, 5.74) is 1.52. The van der Waals surface area contributed by atoms with E-state index in [1.54, 1.807) is 60.7 Å². The van der Waals surface area contributed by atoms with E-state index in [1.165, 1.54) is 12.1 Å². The first-order valence-corrected chi connectivity index (χ1v) is 10.8. The van der Waals surface area contributed by atoms with Gasteiger partial charge in [-0.25, -0.2) is 9.59 Å². The number of hydrogen-bond acceptors (Lipinski definition) is 7. The van der Waals surface area contributed by atoms with E-state index in [0.29, 0.717) is 32.4 Å². The highest BCUT2D eigenvalue weighted by molar-refractivity contribution is 6.39. The lowest BCUT2D eigenvalue weighted by Gasteiger charge is -2.14. The largest absolute Gasteiger partial charge is 0.453 e. The molecule has 0 amide bonds. The maximum Gasteiger partial charge on any atom is 0.349 e. The van der Waals surface area contributed by atoms with E-state index in [1.807, 2.05) is 0 Å². The summed E-state index contributed by atoms with van der Waals surface area (Å²) >= 11 is 12.4. The summed E-state index contributed by atoms with van der Waals surface area (Å²) in [6, 6.07) is 19.7. The fraction of sp³-hybridized carbons (Fsp3) is 0.0800. The van der Waals surface area contributed by atoms with Crippen LogP contribution in [0.1, 0.15) is 5.56 Å². The fourth-order valence-electron chi connectivity index (χ4n) is 3.16.